The van der Waals surface area contributed by atoms with Crippen molar-refractivity contribution in [2.45, 2.75) is 0 Å². The van der Waals surface area contributed by atoms with E-state index < -0.39 is 0 Å². The van der Waals surface area contributed by atoms with Gasteiger partial charge in [-0.1, -0.05) is 30.3 Å². The molecule has 0 aliphatic rings. The van der Waals surface area contributed by atoms with Gasteiger partial charge in [0.1, 0.15) is 0 Å². The number of benzene rings is 2. The highest BCUT2D eigenvalue weighted by molar-refractivity contribution is 7.13. The molecule has 0 amide bonds. The molecular formula is C17H14N2O2S. The molecule has 5 heteroatoms. The van der Waals surface area contributed by atoms with Crippen LogP contribution in [-0.4, -0.2) is 23.4 Å². The van der Waals surface area contributed by atoms with Gasteiger partial charge in [-0.2, -0.15) is 0 Å². The molecule has 0 radical (unpaired) electrons. The lowest BCUT2D eigenvalue weighted by Gasteiger charge is -2.02. The average Bonchev–Trinajstić information content (AvgIpc) is 3.04. The fraction of sp³-hybridized carbons (Fsp3) is 0.0588. The standard InChI is InChI=1S/C17H14N2O2S/c1-21-16-9-12(7-8-15(16)20)10-18-17-19-14(11-22-17)13-5-3-2-4-6-13/h2-11,20H,1H3. The molecule has 0 unspecified atom stereocenters. The number of phenols is 1. The SMILES string of the molecule is COc1cc(C=Nc2nc(-c3ccccc3)cs2)ccc1O. The molecule has 22 heavy (non-hydrogen) atoms. The van der Waals surface area contributed by atoms with E-state index in [2.05, 4.69) is 9.98 Å². The summed E-state index contributed by atoms with van der Waals surface area (Å²) in [6.45, 7) is 0. The first-order valence-corrected chi connectivity index (χ1v) is 7.56. The largest absolute Gasteiger partial charge is 0.504 e. The van der Waals surface area contributed by atoms with Crippen LogP contribution in [0, 0.1) is 0 Å². The highest BCUT2D eigenvalue weighted by Gasteiger charge is 2.03. The van der Waals surface area contributed by atoms with E-state index in [4.69, 9.17) is 4.74 Å². The summed E-state index contributed by atoms with van der Waals surface area (Å²) in [5, 5.41) is 12.2. The van der Waals surface area contributed by atoms with E-state index in [1.54, 1.807) is 24.4 Å². The van der Waals surface area contributed by atoms with Crippen LogP contribution in [0.15, 0.2) is 58.9 Å². The Kier molecular flexibility index (Phi) is 4.16. The van der Waals surface area contributed by atoms with Gasteiger partial charge in [-0.3, -0.25) is 0 Å². The van der Waals surface area contributed by atoms with Crippen molar-refractivity contribution >= 4 is 22.7 Å². The quantitative estimate of drug-likeness (QED) is 0.732. The molecule has 1 N–H and O–H groups in total. The van der Waals surface area contributed by atoms with Crippen LogP contribution in [0.5, 0.6) is 11.5 Å². The van der Waals surface area contributed by atoms with Crippen molar-refractivity contribution in [1.82, 2.24) is 4.98 Å². The minimum Gasteiger partial charge on any atom is -0.504 e. The Morgan fingerprint density at radius 2 is 2.00 bits per heavy atom. The molecule has 110 valence electrons. The molecule has 0 atom stereocenters. The number of methoxy groups -OCH3 is 1. The second-order valence-corrected chi connectivity index (χ2v) is 5.41. The molecule has 2 aromatic carbocycles. The number of thiazole rings is 1. The van der Waals surface area contributed by atoms with Crippen molar-refractivity contribution in [1.29, 1.82) is 0 Å². The Balaban J connectivity index is 1.80. The first-order chi connectivity index (χ1) is 10.8. The molecule has 0 aliphatic heterocycles. The number of hydrogen-bond donors (Lipinski definition) is 1. The third-order valence-electron chi connectivity index (χ3n) is 3.09. The van der Waals surface area contributed by atoms with Crippen LogP contribution in [0.25, 0.3) is 11.3 Å². The van der Waals surface area contributed by atoms with E-state index in [0.717, 1.165) is 16.8 Å². The van der Waals surface area contributed by atoms with Gasteiger partial charge >= 0.3 is 0 Å². The number of ether oxygens (including phenoxy) is 1. The lowest BCUT2D eigenvalue weighted by molar-refractivity contribution is 0.373. The average molecular weight is 310 g/mol. The van der Waals surface area contributed by atoms with Gasteiger partial charge in [-0.25, -0.2) is 9.98 Å². The fourth-order valence-electron chi connectivity index (χ4n) is 1.97. The Hall–Kier alpha value is -2.66. The number of aromatic hydroxyl groups is 1. The van der Waals surface area contributed by atoms with Crippen molar-refractivity contribution in [3.05, 3.63) is 59.5 Å². The Morgan fingerprint density at radius 1 is 1.18 bits per heavy atom. The van der Waals surface area contributed by atoms with Crippen LogP contribution in [0.3, 0.4) is 0 Å². The maximum Gasteiger partial charge on any atom is 0.209 e. The number of aromatic nitrogens is 1. The number of aliphatic imine (C=N–C) groups is 1. The van der Waals surface area contributed by atoms with Gasteiger partial charge in [0.15, 0.2) is 11.5 Å². The molecule has 0 saturated heterocycles. The molecule has 1 heterocycles. The predicted octanol–water partition coefficient (Wildman–Crippen LogP) is 4.27. The second kappa shape index (κ2) is 6.41. The van der Waals surface area contributed by atoms with Gasteiger partial charge in [0.25, 0.3) is 0 Å². The summed E-state index contributed by atoms with van der Waals surface area (Å²) in [4.78, 5) is 8.87. The molecule has 4 nitrogen and oxygen atoms in total. The van der Waals surface area contributed by atoms with Gasteiger partial charge in [0.05, 0.1) is 12.8 Å². The van der Waals surface area contributed by atoms with Crippen LogP contribution in [0.1, 0.15) is 5.56 Å². The fourth-order valence-corrected chi connectivity index (χ4v) is 2.64. The van der Waals surface area contributed by atoms with Crippen LogP contribution in [-0.2, 0) is 0 Å². The number of nitrogens with zero attached hydrogens (tertiary/aromatic N) is 2. The highest BCUT2D eigenvalue weighted by atomic mass is 32.1. The second-order valence-electron chi connectivity index (χ2n) is 4.57. The number of hydrogen-bond acceptors (Lipinski definition) is 5. The van der Waals surface area contributed by atoms with Crippen molar-refractivity contribution in [2.24, 2.45) is 4.99 Å². The topological polar surface area (TPSA) is 54.7 Å². The summed E-state index contributed by atoms with van der Waals surface area (Å²) < 4.78 is 5.07. The van der Waals surface area contributed by atoms with Gasteiger partial charge < -0.3 is 9.84 Å². The number of phenolic OH excluding ortho intramolecular Hbond substituents is 1. The highest BCUT2D eigenvalue weighted by Crippen LogP contribution is 2.28. The summed E-state index contributed by atoms with van der Waals surface area (Å²) in [6.07, 6.45) is 1.70. The van der Waals surface area contributed by atoms with Gasteiger partial charge in [-0.05, 0) is 23.8 Å². The Labute approximate surface area is 132 Å². The van der Waals surface area contributed by atoms with E-state index in [0.29, 0.717) is 10.9 Å². The van der Waals surface area contributed by atoms with Crippen LogP contribution in [0.2, 0.25) is 0 Å². The number of rotatable bonds is 4. The predicted molar refractivity (Wildman–Crippen MR) is 89.5 cm³/mol. The van der Waals surface area contributed by atoms with Gasteiger partial charge in [0.2, 0.25) is 5.13 Å². The van der Waals surface area contributed by atoms with Crippen molar-refractivity contribution < 1.29 is 9.84 Å². The summed E-state index contributed by atoms with van der Waals surface area (Å²) in [5.41, 5.74) is 2.83. The summed E-state index contributed by atoms with van der Waals surface area (Å²) in [7, 11) is 1.52. The molecular weight excluding hydrogens is 296 g/mol. The first-order valence-electron chi connectivity index (χ1n) is 6.68. The smallest absolute Gasteiger partial charge is 0.209 e. The maximum absolute atomic E-state index is 9.57. The van der Waals surface area contributed by atoms with Crippen molar-refractivity contribution in [3.8, 4) is 22.8 Å². The van der Waals surface area contributed by atoms with Crippen molar-refractivity contribution in [2.75, 3.05) is 7.11 Å². The Morgan fingerprint density at radius 3 is 2.77 bits per heavy atom. The molecule has 0 fully saturated rings. The van der Waals surface area contributed by atoms with E-state index in [-0.39, 0.29) is 5.75 Å². The Bertz CT molecular complexity index is 797. The van der Waals surface area contributed by atoms with Crippen LogP contribution >= 0.6 is 11.3 Å². The van der Waals surface area contributed by atoms with E-state index in [1.807, 2.05) is 35.7 Å². The molecule has 0 bridgehead atoms. The van der Waals surface area contributed by atoms with Gasteiger partial charge in [0, 0.05) is 17.2 Å². The van der Waals surface area contributed by atoms with Crippen LogP contribution < -0.4 is 4.74 Å². The monoisotopic (exact) mass is 310 g/mol. The van der Waals surface area contributed by atoms with Gasteiger partial charge in [-0.15, -0.1) is 11.3 Å². The molecule has 0 spiro atoms. The maximum atomic E-state index is 9.57. The summed E-state index contributed by atoms with van der Waals surface area (Å²) in [6, 6.07) is 15.1. The molecule has 0 aliphatic carbocycles. The zero-order valence-corrected chi connectivity index (χ0v) is 12.7. The lowest BCUT2D eigenvalue weighted by Crippen LogP contribution is -1.86. The lowest BCUT2D eigenvalue weighted by atomic mass is 10.2. The minimum atomic E-state index is 0.111. The van der Waals surface area contributed by atoms with E-state index >= 15 is 0 Å². The molecule has 0 saturated carbocycles. The van der Waals surface area contributed by atoms with Crippen molar-refractivity contribution in [3.63, 3.8) is 0 Å². The van der Waals surface area contributed by atoms with E-state index in [1.165, 1.54) is 18.4 Å². The zero-order chi connectivity index (χ0) is 15.4. The third-order valence-corrected chi connectivity index (χ3v) is 3.84. The summed E-state index contributed by atoms with van der Waals surface area (Å²) in [5.74, 6) is 0.535. The third kappa shape index (κ3) is 3.15. The molecule has 1 aromatic heterocycles. The van der Waals surface area contributed by atoms with Crippen LogP contribution in [0.4, 0.5) is 5.13 Å². The first kappa shape index (κ1) is 14.3. The van der Waals surface area contributed by atoms with E-state index in [9.17, 15) is 5.11 Å². The molecule has 3 aromatic rings. The molecule has 3 rings (SSSR count). The summed E-state index contributed by atoms with van der Waals surface area (Å²) >= 11 is 1.49. The zero-order valence-electron chi connectivity index (χ0n) is 11.9. The minimum absolute atomic E-state index is 0.111. The normalized spacial score (nSPS) is 11.0.